The molecule has 2 aromatic carbocycles. The number of amides is 1. The van der Waals surface area contributed by atoms with E-state index in [9.17, 15) is 13.2 Å². The molecule has 0 unspecified atom stereocenters. The lowest BCUT2D eigenvalue weighted by atomic mass is 9.95. The second-order valence-electron chi connectivity index (χ2n) is 8.10. The standard InChI is InChI=1S/C24H31ClN2O6S/c1-31-21-12-10-19(14-20(21)25)34(29,30)27(18-7-5-4-6-8-18)16-24(28)26-15-17-9-11-22(32-2)23(13-17)33-3/h9-14,18H,4-8,15-16H2,1-3H3,(H,26,28). The summed E-state index contributed by atoms with van der Waals surface area (Å²) in [6, 6.07) is 9.44. The van der Waals surface area contributed by atoms with Gasteiger partial charge in [-0.1, -0.05) is 36.9 Å². The molecule has 34 heavy (non-hydrogen) atoms. The molecule has 3 rings (SSSR count). The zero-order chi connectivity index (χ0) is 24.7. The van der Waals surface area contributed by atoms with Crippen molar-refractivity contribution >= 4 is 27.5 Å². The molecule has 0 atom stereocenters. The van der Waals surface area contributed by atoms with Gasteiger partial charge in [-0.05, 0) is 48.7 Å². The topological polar surface area (TPSA) is 94.2 Å². The van der Waals surface area contributed by atoms with E-state index >= 15 is 0 Å². The Kier molecular flexibility index (Phi) is 9.04. The summed E-state index contributed by atoms with van der Waals surface area (Å²) in [5, 5.41) is 3.02. The number of methoxy groups -OCH3 is 3. The van der Waals surface area contributed by atoms with Gasteiger partial charge in [0.05, 0.1) is 37.8 Å². The average molecular weight is 511 g/mol. The monoisotopic (exact) mass is 510 g/mol. The van der Waals surface area contributed by atoms with E-state index in [-0.39, 0.29) is 35.0 Å². The van der Waals surface area contributed by atoms with Gasteiger partial charge < -0.3 is 19.5 Å². The summed E-state index contributed by atoms with van der Waals surface area (Å²) in [4.78, 5) is 12.9. The molecule has 1 amide bonds. The number of ether oxygens (including phenoxy) is 3. The zero-order valence-corrected chi connectivity index (χ0v) is 21.2. The zero-order valence-electron chi connectivity index (χ0n) is 19.7. The van der Waals surface area contributed by atoms with Gasteiger partial charge in [0.2, 0.25) is 15.9 Å². The summed E-state index contributed by atoms with van der Waals surface area (Å²) in [7, 11) is 0.606. The number of hydrogen-bond acceptors (Lipinski definition) is 6. The second-order valence-corrected chi connectivity index (χ2v) is 10.4. The van der Waals surface area contributed by atoms with Crippen LogP contribution in [0.2, 0.25) is 5.02 Å². The molecule has 0 aromatic heterocycles. The minimum absolute atomic E-state index is 0.0385. The Morgan fingerprint density at radius 2 is 1.62 bits per heavy atom. The first-order valence-corrected chi connectivity index (χ1v) is 12.9. The molecular formula is C24H31ClN2O6S. The maximum absolute atomic E-state index is 13.6. The van der Waals surface area contributed by atoms with E-state index in [1.54, 1.807) is 26.4 Å². The van der Waals surface area contributed by atoms with Crippen molar-refractivity contribution < 1.29 is 27.4 Å². The number of halogens is 1. The lowest BCUT2D eigenvalue weighted by Crippen LogP contribution is -2.46. The van der Waals surface area contributed by atoms with Gasteiger partial charge in [0.1, 0.15) is 5.75 Å². The van der Waals surface area contributed by atoms with E-state index in [0.29, 0.717) is 30.1 Å². The van der Waals surface area contributed by atoms with E-state index in [0.717, 1.165) is 24.8 Å². The number of nitrogens with zero attached hydrogens (tertiary/aromatic N) is 1. The van der Waals surface area contributed by atoms with Crippen molar-refractivity contribution in [2.75, 3.05) is 27.9 Å². The minimum Gasteiger partial charge on any atom is -0.495 e. The van der Waals surface area contributed by atoms with Crippen LogP contribution < -0.4 is 19.5 Å². The fourth-order valence-corrected chi connectivity index (χ4v) is 6.10. The number of carbonyl (C=O) groups excluding carboxylic acids is 1. The van der Waals surface area contributed by atoms with Gasteiger partial charge >= 0.3 is 0 Å². The molecular weight excluding hydrogens is 480 g/mol. The van der Waals surface area contributed by atoms with E-state index in [4.69, 9.17) is 25.8 Å². The summed E-state index contributed by atoms with van der Waals surface area (Å²) in [5.74, 6) is 1.14. The van der Waals surface area contributed by atoms with E-state index in [1.807, 2.05) is 6.07 Å². The molecule has 8 nitrogen and oxygen atoms in total. The maximum atomic E-state index is 13.6. The van der Waals surface area contributed by atoms with Gasteiger partial charge in [-0.25, -0.2) is 8.42 Å². The number of carbonyl (C=O) groups is 1. The van der Waals surface area contributed by atoms with E-state index in [1.165, 1.54) is 29.6 Å². The predicted octanol–water partition coefficient (Wildman–Crippen LogP) is 4.01. The molecule has 1 N–H and O–H groups in total. The molecule has 0 spiro atoms. The molecule has 0 bridgehead atoms. The largest absolute Gasteiger partial charge is 0.495 e. The Bertz CT molecular complexity index is 1100. The number of hydrogen-bond donors (Lipinski definition) is 1. The minimum atomic E-state index is -3.95. The van der Waals surface area contributed by atoms with Crippen molar-refractivity contribution in [1.82, 2.24) is 9.62 Å². The maximum Gasteiger partial charge on any atom is 0.243 e. The van der Waals surface area contributed by atoms with Crippen LogP contribution in [0.25, 0.3) is 0 Å². The second kappa shape index (κ2) is 11.8. The van der Waals surface area contributed by atoms with Crippen LogP contribution in [-0.2, 0) is 21.4 Å². The molecule has 186 valence electrons. The van der Waals surface area contributed by atoms with Crippen molar-refractivity contribution in [3.05, 3.63) is 47.0 Å². The van der Waals surface area contributed by atoms with Gasteiger partial charge in [0.25, 0.3) is 0 Å². The van der Waals surface area contributed by atoms with Gasteiger partial charge in [0, 0.05) is 12.6 Å². The summed E-state index contributed by atoms with van der Waals surface area (Å²) in [6.07, 6.45) is 4.34. The molecule has 0 aliphatic heterocycles. The van der Waals surface area contributed by atoms with Crippen LogP contribution in [0.3, 0.4) is 0 Å². The highest BCUT2D eigenvalue weighted by atomic mass is 35.5. The van der Waals surface area contributed by atoms with Gasteiger partial charge in [-0.2, -0.15) is 4.31 Å². The Morgan fingerprint density at radius 3 is 2.24 bits per heavy atom. The average Bonchev–Trinajstić information content (AvgIpc) is 2.86. The van der Waals surface area contributed by atoms with Gasteiger partial charge in [0.15, 0.2) is 11.5 Å². The molecule has 0 saturated heterocycles. The third-order valence-corrected chi connectivity index (χ3v) is 8.14. The number of rotatable bonds is 10. The van der Waals surface area contributed by atoms with Crippen LogP contribution in [-0.4, -0.2) is 52.5 Å². The Labute approximate surface area is 206 Å². The summed E-state index contributed by atoms with van der Waals surface area (Å²) in [6.45, 7) is -0.0456. The summed E-state index contributed by atoms with van der Waals surface area (Å²) in [5.41, 5.74) is 0.806. The third kappa shape index (κ3) is 6.14. The first kappa shape index (κ1) is 26.1. The van der Waals surface area contributed by atoms with Crippen LogP contribution in [0, 0.1) is 0 Å². The summed E-state index contributed by atoms with van der Waals surface area (Å²) >= 11 is 6.19. The fraction of sp³-hybridized carbons (Fsp3) is 0.458. The SMILES string of the molecule is COc1ccc(S(=O)(=O)N(CC(=O)NCc2ccc(OC)c(OC)c2)C2CCCCC2)cc1Cl. The Hall–Kier alpha value is -2.49. The Morgan fingerprint density at radius 1 is 0.971 bits per heavy atom. The molecule has 1 saturated carbocycles. The van der Waals surface area contributed by atoms with E-state index in [2.05, 4.69) is 5.32 Å². The molecule has 1 fully saturated rings. The van der Waals surface area contributed by atoms with Crippen LogP contribution in [0.1, 0.15) is 37.7 Å². The number of benzene rings is 2. The van der Waals surface area contributed by atoms with Gasteiger partial charge in [-0.15, -0.1) is 0 Å². The number of sulfonamides is 1. The molecule has 0 heterocycles. The van der Waals surface area contributed by atoms with Crippen LogP contribution >= 0.6 is 11.6 Å². The third-order valence-electron chi connectivity index (χ3n) is 5.95. The molecule has 0 radical (unpaired) electrons. The quantitative estimate of drug-likeness (QED) is 0.519. The normalized spacial score (nSPS) is 14.6. The van der Waals surface area contributed by atoms with Crippen LogP contribution in [0.5, 0.6) is 17.2 Å². The highest BCUT2D eigenvalue weighted by Crippen LogP contribution is 2.32. The van der Waals surface area contributed by atoms with Crippen molar-refractivity contribution in [1.29, 1.82) is 0 Å². The molecule has 1 aliphatic carbocycles. The Balaban J connectivity index is 1.78. The first-order valence-electron chi connectivity index (χ1n) is 11.1. The molecule has 10 heteroatoms. The van der Waals surface area contributed by atoms with Crippen molar-refractivity contribution in [3.63, 3.8) is 0 Å². The smallest absolute Gasteiger partial charge is 0.243 e. The van der Waals surface area contributed by atoms with Crippen molar-refractivity contribution in [2.24, 2.45) is 0 Å². The van der Waals surface area contributed by atoms with Crippen LogP contribution in [0.4, 0.5) is 0 Å². The van der Waals surface area contributed by atoms with Crippen molar-refractivity contribution in [2.45, 2.75) is 49.6 Å². The number of nitrogens with one attached hydrogen (secondary N) is 1. The molecule has 2 aromatic rings. The molecule has 1 aliphatic rings. The van der Waals surface area contributed by atoms with E-state index < -0.39 is 10.0 Å². The lowest BCUT2D eigenvalue weighted by Gasteiger charge is -2.33. The van der Waals surface area contributed by atoms with Crippen LogP contribution in [0.15, 0.2) is 41.3 Å². The first-order chi connectivity index (χ1) is 16.3. The van der Waals surface area contributed by atoms with Crippen molar-refractivity contribution in [3.8, 4) is 17.2 Å². The lowest BCUT2D eigenvalue weighted by molar-refractivity contribution is -0.121. The summed E-state index contributed by atoms with van der Waals surface area (Å²) < 4.78 is 44.1. The van der Waals surface area contributed by atoms with Gasteiger partial charge in [-0.3, -0.25) is 4.79 Å². The predicted molar refractivity (Wildman–Crippen MR) is 130 cm³/mol. The highest BCUT2D eigenvalue weighted by molar-refractivity contribution is 7.89. The highest BCUT2D eigenvalue weighted by Gasteiger charge is 2.34. The fourth-order valence-electron chi connectivity index (χ4n) is 4.11.